The highest BCUT2D eigenvalue weighted by atomic mass is 28.1. The SMILES string of the molecule is OCC(O)COCCC[SiH3]. The molecule has 0 bridgehead atoms. The van der Waals surface area contributed by atoms with Crippen molar-refractivity contribution in [2.75, 3.05) is 19.8 Å². The summed E-state index contributed by atoms with van der Waals surface area (Å²) in [5, 5.41) is 17.2. The van der Waals surface area contributed by atoms with E-state index >= 15 is 0 Å². The highest BCUT2D eigenvalue weighted by Gasteiger charge is 1.99. The molecule has 0 aromatic rings. The summed E-state index contributed by atoms with van der Waals surface area (Å²) in [7, 11) is 1.21. The van der Waals surface area contributed by atoms with Crippen LogP contribution in [0.4, 0.5) is 0 Å². The molecule has 62 valence electrons. The van der Waals surface area contributed by atoms with Gasteiger partial charge in [-0.15, -0.1) is 0 Å². The van der Waals surface area contributed by atoms with Crippen LogP contribution in [0.2, 0.25) is 6.04 Å². The average Bonchev–Trinajstić information content (AvgIpc) is 1.98. The van der Waals surface area contributed by atoms with Crippen molar-refractivity contribution in [2.24, 2.45) is 0 Å². The first-order valence-corrected chi connectivity index (χ1v) is 5.09. The predicted molar refractivity (Wildman–Crippen MR) is 43.3 cm³/mol. The Morgan fingerprint density at radius 2 is 2.20 bits per heavy atom. The van der Waals surface area contributed by atoms with Crippen LogP contribution >= 0.6 is 0 Å². The molecular formula is C6H16O3Si. The van der Waals surface area contributed by atoms with Crippen molar-refractivity contribution in [1.29, 1.82) is 0 Å². The van der Waals surface area contributed by atoms with E-state index in [0.29, 0.717) is 6.61 Å². The van der Waals surface area contributed by atoms with Gasteiger partial charge in [-0.25, -0.2) is 0 Å². The Morgan fingerprint density at radius 1 is 1.50 bits per heavy atom. The molecule has 0 amide bonds. The molecule has 0 rings (SSSR count). The fourth-order valence-electron chi connectivity index (χ4n) is 0.518. The third-order valence-electron chi connectivity index (χ3n) is 1.16. The van der Waals surface area contributed by atoms with E-state index < -0.39 is 6.10 Å². The Bertz CT molecular complexity index is 70.0. The van der Waals surface area contributed by atoms with Gasteiger partial charge >= 0.3 is 0 Å². The first-order chi connectivity index (χ1) is 4.81. The minimum absolute atomic E-state index is 0.207. The number of hydrogen-bond donors (Lipinski definition) is 2. The Labute approximate surface area is 64.4 Å². The summed E-state index contributed by atoms with van der Waals surface area (Å²) in [5.41, 5.74) is 0. The summed E-state index contributed by atoms with van der Waals surface area (Å²) in [6, 6.07) is 1.23. The highest BCUT2D eigenvalue weighted by molar-refractivity contribution is 6.08. The van der Waals surface area contributed by atoms with E-state index in [2.05, 4.69) is 0 Å². The van der Waals surface area contributed by atoms with Gasteiger partial charge in [0.1, 0.15) is 6.10 Å². The van der Waals surface area contributed by atoms with E-state index in [1.807, 2.05) is 0 Å². The van der Waals surface area contributed by atoms with Crippen LogP contribution < -0.4 is 0 Å². The Balaban J connectivity index is 2.89. The molecule has 0 aliphatic heterocycles. The lowest BCUT2D eigenvalue weighted by atomic mass is 10.4. The zero-order chi connectivity index (χ0) is 7.82. The summed E-state index contributed by atoms with van der Waals surface area (Å²) in [6.45, 7) is 0.763. The largest absolute Gasteiger partial charge is 0.394 e. The molecule has 0 aromatic heterocycles. The van der Waals surface area contributed by atoms with Gasteiger partial charge in [0.25, 0.3) is 0 Å². The topological polar surface area (TPSA) is 49.7 Å². The van der Waals surface area contributed by atoms with E-state index in [0.717, 1.165) is 6.42 Å². The molecule has 1 unspecified atom stereocenters. The normalized spacial score (nSPS) is 13.8. The van der Waals surface area contributed by atoms with Crippen LogP contribution in [0.15, 0.2) is 0 Å². The monoisotopic (exact) mass is 164 g/mol. The maximum atomic E-state index is 8.79. The van der Waals surface area contributed by atoms with Crippen LogP contribution in [-0.2, 0) is 4.74 Å². The van der Waals surface area contributed by atoms with Crippen molar-refractivity contribution in [3.63, 3.8) is 0 Å². The maximum Gasteiger partial charge on any atom is 0.100 e. The van der Waals surface area contributed by atoms with Crippen molar-refractivity contribution in [1.82, 2.24) is 0 Å². The number of ether oxygens (including phenoxy) is 1. The molecule has 0 aliphatic carbocycles. The van der Waals surface area contributed by atoms with Gasteiger partial charge < -0.3 is 14.9 Å². The van der Waals surface area contributed by atoms with Gasteiger partial charge in [-0.2, -0.15) is 0 Å². The molecule has 0 fully saturated rings. The van der Waals surface area contributed by atoms with Gasteiger partial charge in [-0.3, -0.25) is 0 Å². The minimum atomic E-state index is -0.700. The second kappa shape index (κ2) is 7.21. The van der Waals surface area contributed by atoms with E-state index in [-0.39, 0.29) is 13.2 Å². The summed E-state index contributed by atoms with van der Waals surface area (Å²) < 4.78 is 5.04. The molecule has 4 heteroatoms. The highest BCUT2D eigenvalue weighted by Crippen LogP contribution is 1.88. The summed E-state index contributed by atoms with van der Waals surface area (Å²) in [4.78, 5) is 0. The molecule has 0 radical (unpaired) electrons. The Hall–Kier alpha value is 0.0969. The summed E-state index contributed by atoms with van der Waals surface area (Å²) in [6.07, 6.45) is 0.374. The first kappa shape index (κ1) is 10.1. The minimum Gasteiger partial charge on any atom is -0.394 e. The van der Waals surface area contributed by atoms with Gasteiger partial charge in [0, 0.05) is 16.8 Å². The standard InChI is InChI=1S/C6H16O3Si/c7-4-6(8)5-9-2-1-3-10/h6-8H,1-5H2,10H3. The third kappa shape index (κ3) is 6.22. The van der Waals surface area contributed by atoms with Crippen molar-refractivity contribution in [3.8, 4) is 0 Å². The molecule has 0 saturated carbocycles. The Kier molecular flexibility index (Phi) is 7.28. The fraction of sp³-hybridized carbons (Fsp3) is 1.00. The Morgan fingerprint density at radius 3 is 2.70 bits per heavy atom. The molecule has 0 spiro atoms. The quantitative estimate of drug-likeness (QED) is 0.372. The maximum absolute atomic E-state index is 8.79. The van der Waals surface area contributed by atoms with Gasteiger partial charge in [0.2, 0.25) is 0 Å². The molecule has 1 atom stereocenters. The van der Waals surface area contributed by atoms with E-state index in [9.17, 15) is 0 Å². The van der Waals surface area contributed by atoms with Gasteiger partial charge in [-0.05, 0) is 6.42 Å². The van der Waals surface area contributed by atoms with Crippen molar-refractivity contribution in [2.45, 2.75) is 18.6 Å². The van der Waals surface area contributed by atoms with E-state index in [4.69, 9.17) is 14.9 Å². The van der Waals surface area contributed by atoms with Crippen LogP contribution in [0.5, 0.6) is 0 Å². The summed E-state index contributed by atoms with van der Waals surface area (Å²) in [5.74, 6) is 0. The molecule has 3 nitrogen and oxygen atoms in total. The molecule has 2 N–H and O–H groups in total. The third-order valence-corrected chi connectivity index (χ3v) is 1.87. The van der Waals surface area contributed by atoms with Crippen LogP contribution in [-0.4, -0.2) is 46.4 Å². The van der Waals surface area contributed by atoms with Gasteiger partial charge in [0.15, 0.2) is 0 Å². The lowest BCUT2D eigenvalue weighted by Gasteiger charge is -2.06. The van der Waals surface area contributed by atoms with Crippen LogP contribution in [0.25, 0.3) is 0 Å². The molecule has 10 heavy (non-hydrogen) atoms. The lowest BCUT2D eigenvalue weighted by molar-refractivity contribution is 0.00656. The lowest BCUT2D eigenvalue weighted by Crippen LogP contribution is -2.19. The number of aliphatic hydroxyl groups is 2. The zero-order valence-electron chi connectivity index (χ0n) is 6.42. The second-order valence-corrected chi connectivity index (χ2v) is 3.26. The molecule has 0 heterocycles. The molecule has 0 aliphatic rings. The predicted octanol–water partition coefficient (Wildman–Crippen LogP) is -1.47. The van der Waals surface area contributed by atoms with Crippen molar-refractivity contribution < 1.29 is 14.9 Å². The number of rotatable bonds is 6. The van der Waals surface area contributed by atoms with Gasteiger partial charge in [0.05, 0.1) is 13.2 Å². The number of aliphatic hydroxyl groups excluding tert-OH is 2. The zero-order valence-corrected chi connectivity index (χ0v) is 8.42. The smallest absolute Gasteiger partial charge is 0.100 e. The second-order valence-electron chi connectivity index (χ2n) is 2.26. The first-order valence-electron chi connectivity index (χ1n) is 3.68. The summed E-state index contributed by atoms with van der Waals surface area (Å²) >= 11 is 0. The van der Waals surface area contributed by atoms with E-state index in [1.165, 1.54) is 16.3 Å². The van der Waals surface area contributed by atoms with Gasteiger partial charge in [-0.1, -0.05) is 6.04 Å². The van der Waals surface area contributed by atoms with E-state index in [1.54, 1.807) is 0 Å². The van der Waals surface area contributed by atoms with Crippen LogP contribution in [0.3, 0.4) is 0 Å². The molecule has 0 saturated heterocycles. The molecule has 0 aromatic carbocycles. The van der Waals surface area contributed by atoms with Crippen LogP contribution in [0.1, 0.15) is 6.42 Å². The number of hydrogen-bond acceptors (Lipinski definition) is 3. The fourth-order valence-corrected chi connectivity index (χ4v) is 0.807. The van der Waals surface area contributed by atoms with Crippen molar-refractivity contribution >= 4 is 10.2 Å². The van der Waals surface area contributed by atoms with Crippen molar-refractivity contribution in [3.05, 3.63) is 0 Å². The molecular weight excluding hydrogens is 148 g/mol. The average molecular weight is 164 g/mol. The van der Waals surface area contributed by atoms with Crippen LogP contribution in [0, 0.1) is 0 Å².